The van der Waals surface area contributed by atoms with E-state index < -0.39 is 12.1 Å². The highest BCUT2D eigenvalue weighted by atomic mass is 19.4. The van der Waals surface area contributed by atoms with E-state index in [1.54, 1.807) is 12.1 Å². The minimum atomic E-state index is -4.88. The van der Waals surface area contributed by atoms with Crippen molar-refractivity contribution in [1.82, 2.24) is 0 Å². The number of anilines is 2. The van der Waals surface area contributed by atoms with Crippen LogP contribution in [0.25, 0.3) is 0 Å². The molecule has 6 heteroatoms. The Morgan fingerprint density at radius 1 is 1.13 bits per heavy atom. The Morgan fingerprint density at radius 3 is 2.50 bits per heavy atom. The minimum absolute atomic E-state index is 0.00552. The van der Waals surface area contributed by atoms with Gasteiger partial charge in [-0.1, -0.05) is 71.3 Å². The average Bonchev–Trinajstić information content (AvgIpc) is 3.00. The first kappa shape index (κ1) is 23.0. The van der Waals surface area contributed by atoms with Gasteiger partial charge in [0.1, 0.15) is 0 Å². The van der Waals surface area contributed by atoms with Crippen molar-refractivity contribution in [3.05, 3.63) is 23.8 Å². The molecule has 30 heavy (non-hydrogen) atoms. The molecule has 2 aliphatic rings. The highest BCUT2D eigenvalue weighted by Crippen LogP contribution is 2.47. The second-order valence-corrected chi connectivity index (χ2v) is 9.33. The molecule has 1 atom stereocenters. The van der Waals surface area contributed by atoms with Crippen LogP contribution in [-0.2, 0) is 10.2 Å². The van der Waals surface area contributed by atoms with Crippen molar-refractivity contribution < 1.29 is 18.0 Å². The Morgan fingerprint density at radius 2 is 1.83 bits per heavy atom. The van der Waals surface area contributed by atoms with Gasteiger partial charge in [-0.05, 0) is 37.0 Å². The summed E-state index contributed by atoms with van der Waals surface area (Å²) < 4.78 is 38.1. The quantitative estimate of drug-likeness (QED) is 0.458. The van der Waals surface area contributed by atoms with E-state index >= 15 is 0 Å². The molecule has 3 nitrogen and oxygen atoms in total. The molecule has 168 valence electrons. The first-order valence-corrected chi connectivity index (χ1v) is 11.5. The number of nitrogens with zero attached hydrogens (tertiary/aromatic N) is 1. The summed E-state index contributed by atoms with van der Waals surface area (Å²) in [6, 6.07) is 5.77. The van der Waals surface area contributed by atoms with Crippen LogP contribution in [0.2, 0.25) is 0 Å². The third-order valence-electron chi connectivity index (χ3n) is 6.84. The fraction of sp³-hybridized carbons (Fsp3) is 0.708. The molecule has 0 aromatic heterocycles. The summed E-state index contributed by atoms with van der Waals surface area (Å²) in [7, 11) is 0. The predicted octanol–water partition coefficient (Wildman–Crippen LogP) is 6.96. The number of hydrogen-bond acceptors (Lipinski definition) is 2. The van der Waals surface area contributed by atoms with Crippen molar-refractivity contribution >= 4 is 17.3 Å². The number of benzene rings is 1. The molecule has 0 saturated heterocycles. The van der Waals surface area contributed by atoms with Gasteiger partial charge < -0.3 is 10.2 Å². The second-order valence-electron chi connectivity index (χ2n) is 9.33. The zero-order chi connectivity index (χ0) is 21.8. The predicted molar refractivity (Wildman–Crippen MR) is 116 cm³/mol. The molecule has 1 amide bonds. The number of carbonyl (C=O) groups is 1. The Bertz CT molecular complexity index is 728. The normalized spacial score (nSPS) is 22.2. The third-order valence-corrected chi connectivity index (χ3v) is 6.84. The van der Waals surface area contributed by atoms with Crippen molar-refractivity contribution in [3.8, 4) is 0 Å². The van der Waals surface area contributed by atoms with Gasteiger partial charge in [-0.15, -0.1) is 0 Å². The lowest BCUT2D eigenvalue weighted by molar-refractivity contribution is -0.167. The van der Waals surface area contributed by atoms with Crippen molar-refractivity contribution in [3.63, 3.8) is 0 Å². The van der Waals surface area contributed by atoms with E-state index in [4.69, 9.17) is 0 Å². The molecule has 0 spiro atoms. The largest absolute Gasteiger partial charge is 0.471 e. The van der Waals surface area contributed by atoms with Crippen molar-refractivity contribution in [2.45, 2.75) is 102 Å². The number of alkyl halides is 3. The first-order chi connectivity index (χ1) is 14.2. The van der Waals surface area contributed by atoms with Crippen LogP contribution in [0, 0.1) is 0 Å². The number of carbonyl (C=O) groups excluding carboxylic acids is 1. The van der Waals surface area contributed by atoms with Crippen LogP contribution in [0.15, 0.2) is 18.2 Å². The molecule has 1 fully saturated rings. The van der Waals surface area contributed by atoms with E-state index in [2.05, 4.69) is 18.7 Å². The van der Waals surface area contributed by atoms with Crippen LogP contribution >= 0.6 is 0 Å². The lowest BCUT2D eigenvalue weighted by atomic mass is 9.79. The van der Waals surface area contributed by atoms with Crippen LogP contribution in [0.1, 0.15) is 90.0 Å². The van der Waals surface area contributed by atoms with E-state index in [1.807, 2.05) is 11.4 Å². The summed E-state index contributed by atoms with van der Waals surface area (Å²) in [5.74, 6) is -1.91. The minimum Gasteiger partial charge on any atom is -0.367 e. The van der Waals surface area contributed by atoms with Gasteiger partial charge in [0.15, 0.2) is 0 Å². The molecule has 1 aromatic carbocycles. The molecular formula is C24H35F3N2O. The first-order valence-electron chi connectivity index (χ1n) is 11.5. The summed E-state index contributed by atoms with van der Waals surface area (Å²) in [6.45, 7) is 5.42. The molecule has 1 saturated carbocycles. The zero-order valence-corrected chi connectivity index (χ0v) is 18.3. The fourth-order valence-electron chi connectivity index (χ4n) is 5.16. The fourth-order valence-corrected chi connectivity index (χ4v) is 5.16. The summed E-state index contributed by atoms with van der Waals surface area (Å²) in [5.41, 5.74) is 2.46. The SMILES string of the molecule is CCCCCCCC1(C)CN(C2CCCCC2)c2cc(NC(=O)C(F)(F)F)ccc21. The Balaban J connectivity index is 1.82. The van der Waals surface area contributed by atoms with Gasteiger partial charge in [0.2, 0.25) is 0 Å². The average molecular weight is 425 g/mol. The van der Waals surface area contributed by atoms with E-state index in [0.717, 1.165) is 31.5 Å². The van der Waals surface area contributed by atoms with Gasteiger partial charge in [-0.2, -0.15) is 13.2 Å². The maximum Gasteiger partial charge on any atom is 0.471 e. The third kappa shape index (κ3) is 5.30. The van der Waals surface area contributed by atoms with Crippen LogP contribution in [-0.4, -0.2) is 24.7 Å². The zero-order valence-electron chi connectivity index (χ0n) is 18.3. The number of halogens is 3. The highest BCUT2D eigenvalue weighted by molar-refractivity contribution is 5.95. The number of nitrogens with one attached hydrogen (secondary N) is 1. The van der Waals surface area contributed by atoms with Gasteiger partial charge in [0.25, 0.3) is 0 Å². The molecule has 3 rings (SSSR count). The van der Waals surface area contributed by atoms with Crippen molar-refractivity contribution in [2.24, 2.45) is 0 Å². The van der Waals surface area contributed by atoms with Crippen LogP contribution < -0.4 is 10.2 Å². The molecule has 0 radical (unpaired) electrons. The van der Waals surface area contributed by atoms with Crippen LogP contribution in [0.5, 0.6) is 0 Å². The number of hydrogen-bond donors (Lipinski definition) is 1. The Hall–Kier alpha value is -1.72. The number of unbranched alkanes of at least 4 members (excludes halogenated alkanes) is 4. The van der Waals surface area contributed by atoms with E-state index in [1.165, 1.54) is 56.9 Å². The number of fused-ring (bicyclic) bond motifs is 1. The standard InChI is InChI=1S/C24H35F3N2O/c1-3-4-5-6-10-15-23(2)17-29(19-11-8-7-9-12-19)21-16-18(13-14-20(21)23)28-22(30)24(25,26)27/h13-14,16,19H,3-12,15,17H2,1-2H3,(H,28,30). The van der Waals surface area contributed by atoms with Crippen molar-refractivity contribution in [1.29, 1.82) is 0 Å². The number of rotatable bonds is 8. The summed E-state index contributed by atoms with van der Waals surface area (Å²) in [6.07, 6.45) is 8.27. The van der Waals surface area contributed by atoms with E-state index in [9.17, 15) is 18.0 Å². The van der Waals surface area contributed by atoms with Crippen LogP contribution in [0.4, 0.5) is 24.5 Å². The smallest absolute Gasteiger partial charge is 0.367 e. The summed E-state index contributed by atoms with van der Waals surface area (Å²) in [4.78, 5) is 13.8. The lowest BCUT2D eigenvalue weighted by Crippen LogP contribution is -2.39. The number of amides is 1. The van der Waals surface area contributed by atoms with Gasteiger partial charge >= 0.3 is 12.1 Å². The van der Waals surface area contributed by atoms with E-state index in [-0.39, 0.29) is 11.1 Å². The monoisotopic (exact) mass is 424 g/mol. The van der Waals surface area contributed by atoms with Gasteiger partial charge in [-0.3, -0.25) is 4.79 Å². The molecule has 0 bridgehead atoms. The molecule has 1 aliphatic carbocycles. The lowest BCUT2D eigenvalue weighted by Gasteiger charge is -2.35. The summed E-state index contributed by atoms with van der Waals surface area (Å²) >= 11 is 0. The maximum absolute atomic E-state index is 12.7. The van der Waals surface area contributed by atoms with E-state index in [0.29, 0.717) is 6.04 Å². The second kappa shape index (κ2) is 9.61. The van der Waals surface area contributed by atoms with Gasteiger partial charge in [0, 0.05) is 29.4 Å². The molecule has 1 aromatic rings. The maximum atomic E-state index is 12.7. The van der Waals surface area contributed by atoms with Crippen molar-refractivity contribution in [2.75, 3.05) is 16.8 Å². The van der Waals surface area contributed by atoms with Crippen LogP contribution in [0.3, 0.4) is 0 Å². The molecule has 1 N–H and O–H groups in total. The molecule has 1 heterocycles. The Labute approximate surface area is 178 Å². The van der Waals surface area contributed by atoms with Gasteiger partial charge in [-0.25, -0.2) is 0 Å². The molecule has 1 aliphatic heterocycles. The Kier molecular flexibility index (Phi) is 7.35. The molecule has 1 unspecified atom stereocenters. The molecular weight excluding hydrogens is 389 g/mol. The summed E-state index contributed by atoms with van der Waals surface area (Å²) in [5, 5.41) is 2.04. The van der Waals surface area contributed by atoms with Gasteiger partial charge in [0.05, 0.1) is 0 Å². The highest BCUT2D eigenvalue weighted by Gasteiger charge is 2.42. The topological polar surface area (TPSA) is 32.3 Å².